The summed E-state index contributed by atoms with van der Waals surface area (Å²) in [6.45, 7) is 0.449. The van der Waals surface area contributed by atoms with Gasteiger partial charge in [0.05, 0.1) is 0 Å². The SMILES string of the molecule is Nc1nc(/C(=N/O)C(=O)N[C@@H]2C(=O)N3C(C(=O)O)=C(/C=C4\CCN(c5ccc6ccccc6c5)C4=O)CS[C@H]23)cs1.O=C(O)C(F)(F)F. The molecule has 3 amide bonds. The Morgan fingerprint density at radius 2 is 1.79 bits per heavy atom. The summed E-state index contributed by atoms with van der Waals surface area (Å²) in [6.07, 6.45) is -3.09. The smallest absolute Gasteiger partial charge is 0.477 e. The van der Waals surface area contributed by atoms with Crippen molar-refractivity contribution in [1.29, 1.82) is 0 Å². The molecule has 2 atom stereocenters. The number of oxime groups is 1. The molecule has 19 heteroatoms. The second-order valence-corrected chi connectivity index (χ2v) is 12.3. The molecule has 1 aromatic heterocycles. The third-order valence-electron chi connectivity index (χ3n) is 7.33. The number of fused-ring (bicyclic) bond motifs is 2. The number of carbonyl (C=O) groups excluding carboxylic acids is 3. The molecule has 0 saturated carbocycles. The summed E-state index contributed by atoms with van der Waals surface area (Å²) in [5, 5.41) is 35.0. The van der Waals surface area contributed by atoms with Crippen molar-refractivity contribution >= 4 is 80.1 Å². The molecule has 3 aromatic rings. The van der Waals surface area contributed by atoms with Gasteiger partial charge in [0.15, 0.2) is 10.8 Å². The minimum Gasteiger partial charge on any atom is -0.477 e. The Hall–Kier alpha value is -5.43. The number of nitrogen functional groups attached to an aromatic ring is 1. The summed E-state index contributed by atoms with van der Waals surface area (Å²) in [5.74, 6) is -5.56. The van der Waals surface area contributed by atoms with Crippen molar-refractivity contribution in [3.05, 3.63) is 76.5 Å². The van der Waals surface area contributed by atoms with E-state index in [1.165, 1.54) is 17.1 Å². The number of aliphatic carboxylic acids is 2. The van der Waals surface area contributed by atoms with Crippen molar-refractivity contribution in [2.75, 3.05) is 22.9 Å². The highest BCUT2D eigenvalue weighted by Crippen LogP contribution is 2.41. The van der Waals surface area contributed by atoms with E-state index in [1.807, 2.05) is 42.5 Å². The van der Waals surface area contributed by atoms with Crippen LogP contribution in [0.1, 0.15) is 12.1 Å². The number of carboxylic acids is 2. The summed E-state index contributed by atoms with van der Waals surface area (Å²) in [4.78, 5) is 67.0. The first-order valence-electron chi connectivity index (χ1n) is 13.7. The van der Waals surface area contributed by atoms with Crippen LogP contribution in [0.3, 0.4) is 0 Å². The van der Waals surface area contributed by atoms with E-state index in [1.54, 1.807) is 11.0 Å². The number of carbonyl (C=O) groups is 5. The highest BCUT2D eigenvalue weighted by Gasteiger charge is 2.54. The van der Waals surface area contributed by atoms with Crippen molar-refractivity contribution < 1.29 is 52.6 Å². The van der Waals surface area contributed by atoms with Gasteiger partial charge in [-0.15, -0.1) is 23.1 Å². The summed E-state index contributed by atoms with van der Waals surface area (Å²) in [5.41, 5.74) is 6.54. The van der Waals surface area contributed by atoms with Crippen molar-refractivity contribution in [1.82, 2.24) is 15.2 Å². The number of nitrogens with two attached hydrogens (primary N) is 1. The molecular weight excluding hydrogens is 681 g/mol. The lowest BCUT2D eigenvalue weighted by Crippen LogP contribution is -2.71. The number of amides is 3. The van der Waals surface area contributed by atoms with Crippen molar-refractivity contribution in [3.8, 4) is 0 Å². The molecule has 14 nitrogen and oxygen atoms in total. The van der Waals surface area contributed by atoms with Crippen LogP contribution in [0.25, 0.3) is 10.8 Å². The van der Waals surface area contributed by atoms with Crippen LogP contribution in [-0.4, -0.2) is 90.6 Å². The number of thiazole rings is 1. The van der Waals surface area contributed by atoms with Crippen molar-refractivity contribution in [2.24, 2.45) is 5.16 Å². The van der Waals surface area contributed by atoms with Crippen LogP contribution < -0.4 is 16.0 Å². The number of hydrogen-bond acceptors (Lipinski definition) is 11. The second kappa shape index (κ2) is 13.4. The Morgan fingerprint density at radius 1 is 1.10 bits per heavy atom. The molecule has 0 spiro atoms. The molecule has 0 aliphatic carbocycles. The first kappa shape index (κ1) is 33.9. The number of nitrogens with zero attached hydrogens (tertiary/aromatic N) is 4. The largest absolute Gasteiger partial charge is 0.490 e. The summed E-state index contributed by atoms with van der Waals surface area (Å²) in [6, 6.07) is 12.6. The summed E-state index contributed by atoms with van der Waals surface area (Å²) < 4.78 is 31.7. The van der Waals surface area contributed by atoms with Crippen LogP contribution in [0.5, 0.6) is 0 Å². The van der Waals surface area contributed by atoms with E-state index in [9.17, 15) is 42.7 Å². The maximum atomic E-state index is 13.3. The average Bonchev–Trinajstić information content (AvgIpc) is 3.64. The average molecular weight is 705 g/mol. The standard InChI is InChI=1S/C27H22N6O6S2.C2HF3O2/c28-27-29-18(12-41-27)19(31-39)22(34)30-20-24(36)33-21(26(37)38)16(11-40-25(20)33)9-15-7-8-32(23(15)35)17-6-5-13-3-1-2-4-14(13)10-17;3-2(4,5)1(6)7/h1-6,9-10,12,20,25,39H,7-8,11H2,(H2,28,29)(H,30,34)(H,37,38);(H,6,7)/b15-9+,31-19-;/t20-,25-;/m1./s1. The maximum absolute atomic E-state index is 13.3. The van der Waals surface area contributed by atoms with Gasteiger partial charge in [-0.2, -0.15) is 13.2 Å². The first-order chi connectivity index (χ1) is 22.7. The molecule has 4 heterocycles. The quantitative estimate of drug-likeness (QED) is 0.0827. The maximum Gasteiger partial charge on any atom is 0.490 e. The van der Waals surface area contributed by atoms with E-state index in [0.717, 1.165) is 32.7 Å². The third-order valence-corrected chi connectivity index (χ3v) is 9.30. The van der Waals surface area contributed by atoms with Gasteiger partial charge in [-0.3, -0.25) is 19.3 Å². The number of anilines is 2. The van der Waals surface area contributed by atoms with Gasteiger partial charge in [-0.05, 0) is 41.0 Å². The lowest BCUT2D eigenvalue weighted by atomic mass is 10.0. The highest BCUT2D eigenvalue weighted by molar-refractivity contribution is 8.00. The van der Waals surface area contributed by atoms with Crippen molar-refractivity contribution in [2.45, 2.75) is 24.0 Å². The van der Waals surface area contributed by atoms with E-state index in [0.29, 0.717) is 24.1 Å². The first-order valence-corrected chi connectivity index (χ1v) is 15.6. The van der Waals surface area contributed by atoms with E-state index in [4.69, 9.17) is 15.6 Å². The number of β-lactam (4-membered cyclic amide) rings is 1. The van der Waals surface area contributed by atoms with Crippen molar-refractivity contribution in [3.63, 3.8) is 0 Å². The number of carboxylic acid groups (broad SMARTS) is 2. The fraction of sp³-hybridized carbons (Fsp3) is 0.207. The van der Waals surface area contributed by atoms with Gasteiger partial charge < -0.3 is 31.4 Å². The number of aromatic nitrogens is 1. The molecule has 6 rings (SSSR count). The van der Waals surface area contributed by atoms with E-state index in [2.05, 4.69) is 15.5 Å². The van der Waals surface area contributed by atoms with Gasteiger partial charge in [0.1, 0.15) is 22.8 Å². The number of rotatable bonds is 6. The zero-order chi connectivity index (χ0) is 34.9. The molecule has 0 bridgehead atoms. The van der Waals surface area contributed by atoms with Gasteiger partial charge in [-0.25, -0.2) is 14.6 Å². The molecule has 0 unspecified atom stereocenters. The Morgan fingerprint density at radius 3 is 2.40 bits per heavy atom. The van der Waals surface area contributed by atoms with E-state index in [-0.39, 0.29) is 28.2 Å². The number of hydrogen-bond donors (Lipinski definition) is 5. The lowest BCUT2D eigenvalue weighted by molar-refractivity contribution is -0.192. The fourth-order valence-corrected chi connectivity index (χ4v) is 6.98. The molecule has 3 aliphatic rings. The van der Waals surface area contributed by atoms with E-state index < -0.39 is 47.1 Å². The molecule has 48 heavy (non-hydrogen) atoms. The number of allylic oxidation sites excluding steroid dienone is 1. The number of alkyl halides is 3. The number of thioether (sulfide) groups is 1. The van der Waals surface area contributed by atoms with Gasteiger partial charge in [0.25, 0.3) is 17.7 Å². The van der Waals surface area contributed by atoms with Crippen LogP contribution in [0.2, 0.25) is 0 Å². The zero-order valence-corrected chi connectivity index (χ0v) is 25.8. The third kappa shape index (κ3) is 6.67. The van der Waals surface area contributed by atoms with Crippen LogP contribution in [0, 0.1) is 0 Å². The lowest BCUT2D eigenvalue weighted by Gasteiger charge is -2.49. The predicted molar refractivity (Wildman–Crippen MR) is 167 cm³/mol. The zero-order valence-electron chi connectivity index (χ0n) is 24.2. The van der Waals surface area contributed by atoms with Crippen LogP contribution in [0.4, 0.5) is 24.0 Å². The topological polar surface area (TPSA) is 216 Å². The molecule has 6 N–H and O–H groups in total. The highest BCUT2D eigenvalue weighted by atomic mass is 32.2. The van der Waals surface area contributed by atoms with Gasteiger partial charge in [0, 0.05) is 28.9 Å². The van der Waals surface area contributed by atoms with Crippen LogP contribution in [-0.2, 0) is 24.0 Å². The minimum absolute atomic E-state index is 0.0476. The Labute approximate surface area is 276 Å². The Kier molecular flexibility index (Phi) is 9.44. The molecule has 3 aliphatic heterocycles. The monoisotopic (exact) mass is 704 g/mol. The Bertz CT molecular complexity index is 1940. The number of benzene rings is 2. The Balaban J connectivity index is 0.000000582. The predicted octanol–water partition coefficient (Wildman–Crippen LogP) is 2.79. The summed E-state index contributed by atoms with van der Waals surface area (Å²) >= 11 is 2.31. The number of nitrogens with one attached hydrogen (secondary N) is 1. The molecule has 2 saturated heterocycles. The van der Waals surface area contributed by atoms with E-state index >= 15 is 0 Å². The second-order valence-electron chi connectivity index (χ2n) is 10.3. The van der Waals surface area contributed by atoms with Crippen LogP contribution in [0.15, 0.2) is 75.9 Å². The normalized spacial score (nSPS) is 20.3. The molecule has 250 valence electrons. The fourth-order valence-electron chi connectivity index (χ4n) is 5.12. The van der Waals surface area contributed by atoms with Gasteiger partial charge in [-0.1, -0.05) is 35.5 Å². The number of halogens is 3. The van der Waals surface area contributed by atoms with Gasteiger partial charge >= 0.3 is 18.1 Å². The molecule has 2 fully saturated rings. The minimum atomic E-state index is -5.08. The summed E-state index contributed by atoms with van der Waals surface area (Å²) in [7, 11) is 0. The van der Waals surface area contributed by atoms with Gasteiger partial charge in [0.2, 0.25) is 0 Å². The molecule has 2 aromatic carbocycles. The molecular formula is C29H23F3N6O8S2. The van der Waals surface area contributed by atoms with Crippen LogP contribution >= 0.6 is 23.1 Å². The molecule has 0 radical (unpaired) electrons.